The third-order valence-electron chi connectivity index (χ3n) is 1.67. The van der Waals surface area contributed by atoms with Crippen molar-refractivity contribution in [3.63, 3.8) is 0 Å². The van der Waals surface area contributed by atoms with Crippen molar-refractivity contribution in [2.24, 2.45) is 10.9 Å². The maximum absolute atomic E-state index is 5.44. The van der Waals surface area contributed by atoms with Crippen molar-refractivity contribution in [3.8, 4) is 0 Å². The molecule has 0 aliphatic carbocycles. The highest BCUT2D eigenvalue weighted by molar-refractivity contribution is 9.08. The number of halogens is 1. The molecular weight excluding hydrogens is 248 g/mol. The lowest BCUT2D eigenvalue weighted by molar-refractivity contribution is 1.43. The van der Waals surface area contributed by atoms with Crippen molar-refractivity contribution < 1.29 is 0 Å². The Kier molecular flexibility index (Phi) is 4.35. The molecule has 0 aliphatic heterocycles. The van der Waals surface area contributed by atoms with Crippen LogP contribution in [-0.4, -0.2) is 0 Å². The second kappa shape index (κ2) is 5.32. The van der Waals surface area contributed by atoms with Crippen LogP contribution in [0, 0.1) is 0 Å². The summed E-state index contributed by atoms with van der Waals surface area (Å²) < 4.78 is 0. The molecule has 0 saturated heterocycles. The van der Waals surface area contributed by atoms with Gasteiger partial charge in [-0.2, -0.15) is 0 Å². The summed E-state index contributed by atoms with van der Waals surface area (Å²) in [6, 6.07) is 8.11. The third-order valence-corrected chi connectivity index (χ3v) is 2.94. The lowest BCUT2D eigenvalue weighted by atomic mass is 10.1. The Hall–Kier alpha value is -0.450. The molecule has 2 nitrogen and oxygen atoms in total. The first-order valence-corrected chi connectivity index (χ1v) is 5.76. The molecule has 0 spiro atoms. The maximum Gasteiger partial charge on any atom is 0.0452 e. The summed E-state index contributed by atoms with van der Waals surface area (Å²) in [5.41, 5.74) is 7.71. The Bertz CT molecular complexity index is 295. The van der Waals surface area contributed by atoms with Crippen molar-refractivity contribution in [1.82, 2.24) is 0 Å². The Morgan fingerprint density at radius 1 is 1.38 bits per heavy atom. The van der Waals surface area contributed by atoms with Gasteiger partial charge < -0.3 is 5.73 Å². The molecule has 0 fully saturated rings. The van der Waals surface area contributed by atoms with Crippen molar-refractivity contribution >= 4 is 32.8 Å². The number of hydrogen-bond acceptors (Lipinski definition) is 3. The summed E-state index contributed by atoms with van der Waals surface area (Å²) in [5.74, 6) is 0. The fourth-order valence-electron chi connectivity index (χ4n) is 0.962. The van der Waals surface area contributed by atoms with Gasteiger partial charge in [0.05, 0.1) is 0 Å². The largest absolute Gasteiger partial charge is 0.404 e. The zero-order chi connectivity index (χ0) is 9.68. The van der Waals surface area contributed by atoms with Crippen LogP contribution in [0.1, 0.15) is 11.1 Å². The molecule has 0 saturated carbocycles. The number of alkyl halides is 1. The topological polar surface area (TPSA) is 52.0 Å². The zero-order valence-electron chi connectivity index (χ0n) is 7.03. The van der Waals surface area contributed by atoms with E-state index in [0.717, 1.165) is 27.7 Å². The summed E-state index contributed by atoms with van der Waals surface area (Å²) >= 11 is 4.54. The van der Waals surface area contributed by atoms with Crippen LogP contribution in [0.2, 0.25) is 0 Å². The SMILES string of the molecule is N/C=C(\SN)c1ccc(CBr)cc1. The van der Waals surface area contributed by atoms with Gasteiger partial charge >= 0.3 is 0 Å². The van der Waals surface area contributed by atoms with Gasteiger partial charge in [0.2, 0.25) is 0 Å². The number of nitrogens with two attached hydrogens (primary N) is 2. The van der Waals surface area contributed by atoms with E-state index >= 15 is 0 Å². The molecule has 0 heterocycles. The van der Waals surface area contributed by atoms with Crippen molar-refractivity contribution in [2.45, 2.75) is 5.33 Å². The number of hydrogen-bond donors (Lipinski definition) is 2. The van der Waals surface area contributed by atoms with Crippen LogP contribution in [0.15, 0.2) is 30.5 Å². The molecule has 1 aromatic carbocycles. The molecule has 0 aliphatic rings. The average Bonchev–Trinajstić information content (AvgIpc) is 2.21. The van der Waals surface area contributed by atoms with Crippen LogP contribution in [0.5, 0.6) is 0 Å². The van der Waals surface area contributed by atoms with E-state index in [1.54, 1.807) is 0 Å². The summed E-state index contributed by atoms with van der Waals surface area (Å²) in [4.78, 5) is 0.890. The van der Waals surface area contributed by atoms with E-state index in [1.165, 1.54) is 11.8 Å². The second-order valence-corrected chi connectivity index (χ2v) is 3.72. The maximum atomic E-state index is 5.44. The molecule has 0 aromatic heterocycles. The summed E-state index contributed by atoms with van der Waals surface area (Å²) in [5, 5.41) is 6.31. The molecule has 4 heteroatoms. The minimum atomic E-state index is 0.866. The lowest BCUT2D eigenvalue weighted by Gasteiger charge is -2.03. The first-order valence-electron chi connectivity index (χ1n) is 3.75. The summed E-state index contributed by atoms with van der Waals surface area (Å²) in [6.07, 6.45) is 1.52. The van der Waals surface area contributed by atoms with Gasteiger partial charge in [-0.3, -0.25) is 5.14 Å². The minimum absolute atomic E-state index is 0.866. The molecule has 13 heavy (non-hydrogen) atoms. The van der Waals surface area contributed by atoms with Crippen LogP contribution >= 0.6 is 27.9 Å². The minimum Gasteiger partial charge on any atom is -0.404 e. The Morgan fingerprint density at radius 2 is 2.00 bits per heavy atom. The molecule has 70 valence electrons. The molecule has 0 unspecified atom stereocenters. The number of rotatable bonds is 3. The van der Waals surface area contributed by atoms with E-state index in [0.29, 0.717) is 0 Å². The Labute approximate surface area is 90.6 Å². The van der Waals surface area contributed by atoms with Gasteiger partial charge in [-0.1, -0.05) is 40.2 Å². The van der Waals surface area contributed by atoms with E-state index in [-0.39, 0.29) is 0 Å². The standard InChI is InChI=1S/C9H11BrN2S/c10-5-7-1-3-8(4-2-7)9(6-11)13-12/h1-4,6H,5,11-12H2/b9-6-. The van der Waals surface area contributed by atoms with Crippen LogP contribution in [0.25, 0.3) is 4.91 Å². The molecule has 1 aromatic rings. The van der Waals surface area contributed by atoms with Gasteiger partial charge in [-0.25, -0.2) is 0 Å². The van der Waals surface area contributed by atoms with E-state index in [1.807, 2.05) is 24.3 Å². The van der Waals surface area contributed by atoms with Gasteiger partial charge in [0.1, 0.15) is 0 Å². The van der Waals surface area contributed by atoms with Crippen molar-refractivity contribution in [3.05, 3.63) is 41.6 Å². The monoisotopic (exact) mass is 258 g/mol. The molecule has 0 bridgehead atoms. The second-order valence-electron chi connectivity index (χ2n) is 2.48. The highest BCUT2D eigenvalue weighted by Gasteiger charge is 1.98. The highest BCUT2D eigenvalue weighted by atomic mass is 79.9. The predicted octanol–water partition coefficient (Wildman–Crippen LogP) is 2.45. The third kappa shape index (κ3) is 2.76. The average molecular weight is 259 g/mol. The fourth-order valence-corrected chi connectivity index (χ4v) is 1.69. The zero-order valence-corrected chi connectivity index (χ0v) is 9.44. The molecule has 0 amide bonds. The van der Waals surface area contributed by atoms with Crippen molar-refractivity contribution in [2.75, 3.05) is 0 Å². The molecule has 1 rings (SSSR count). The first-order chi connectivity index (χ1) is 6.31. The highest BCUT2D eigenvalue weighted by Crippen LogP contribution is 2.22. The normalized spacial score (nSPS) is 11.7. The van der Waals surface area contributed by atoms with E-state index in [9.17, 15) is 0 Å². The lowest BCUT2D eigenvalue weighted by Crippen LogP contribution is -1.90. The van der Waals surface area contributed by atoms with E-state index < -0.39 is 0 Å². The van der Waals surface area contributed by atoms with Gasteiger partial charge in [0, 0.05) is 16.4 Å². The fraction of sp³-hybridized carbons (Fsp3) is 0.111. The Morgan fingerprint density at radius 3 is 2.38 bits per heavy atom. The summed E-state index contributed by atoms with van der Waals surface area (Å²) in [6.45, 7) is 0. The van der Waals surface area contributed by atoms with Crippen molar-refractivity contribution in [1.29, 1.82) is 0 Å². The van der Waals surface area contributed by atoms with Crippen LogP contribution in [0.3, 0.4) is 0 Å². The molecule has 0 radical (unpaired) electrons. The van der Waals surface area contributed by atoms with Gasteiger partial charge in [0.25, 0.3) is 0 Å². The van der Waals surface area contributed by atoms with E-state index in [2.05, 4.69) is 15.9 Å². The van der Waals surface area contributed by atoms with Gasteiger partial charge in [0.15, 0.2) is 0 Å². The number of benzene rings is 1. The van der Waals surface area contributed by atoms with Crippen LogP contribution < -0.4 is 10.9 Å². The molecule has 0 atom stereocenters. The summed E-state index contributed by atoms with van der Waals surface area (Å²) in [7, 11) is 0. The quantitative estimate of drug-likeness (QED) is 0.647. The van der Waals surface area contributed by atoms with Crippen LogP contribution in [-0.2, 0) is 5.33 Å². The molecule has 4 N–H and O–H groups in total. The smallest absolute Gasteiger partial charge is 0.0452 e. The molecular formula is C9H11BrN2S. The van der Waals surface area contributed by atoms with Gasteiger partial charge in [-0.15, -0.1) is 0 Å². The van der Waals surface area contributed by atoms with Crippen LogP contribution in [0.4, 0.5) is 0 Å². The van der Waals surface area contributed by atoms with E-state index in [4.69, 9.17) is 10.9 Å². The predicted molar refractivity (Wildman–Crippen MR) is 63.0 cm³/mol. The van der Waals surface area contributed by atoms with Gasteiger partial charge in [-0.05, 0) is 23.1 Å². The first kappa shape index (κ1) is 10.6. The Balaban J connectivity index is 2.91.